The summed E-state index contributed by atoms with van der Waals surface area (Å²) in [6, 6.07) is 24.8. The summed E-state index contributed by atoms with van der Waals surface area (Å²) in [5.74, 6) is 1.36. The van der Waals surface area contributed by atoms with Gasteiger partial charge in [0.05, 0.1) is 6.04 Å². The van der Waals surface area contributed by atoms with Crippen LogP contribution in [-0.2, 0) is 4.74 Å². The largest absolute Gasteiger partial charge is 0.444 e. The molecule has 0 spiro atoms. The van der Waals surface area contributed by atoms with Crippen LogP contribution < -0.4 is 4.90 Å². The second kappa shape index (κ2) is 12.4. The lowest BCUT2D eigenvalue weighted by Crippen LogP contribution is -2.56. The second-order valence-electron chi connectivity index (χ2n) is 12.8. The van der Waals surface area contributed by atoms with Crippen LogP contribution in [0.3, 0.4) is 0 Å². The third-order valence-corrected chi connectivity index (χ3v) is 8.65. The van der Waals surface area contributed by atoms with Crippen LogP contribution in [0.15, 0.2) is 84.4 Å². The summed E-state index contributed by atoms with van der Waals surface area (Å²) >= 11 is 1.60. The number of amides is 1. The highest BCUT2D eigenvalue weighted by Crippen LogP contribution is 2.36. The van der Waals surface area contributed by atoms with Crippen molar-refractivity contribution in [1.82, 2.24) is 24.6 Å². The summed E-state index contributed by atoms with van der Waals surface area (Å²) < 4.78 is 7.79. The highest BCUT2D eigenvalue weighted by atomic mass is 32.1. The zero-order valence-corrected chi connectivity index (χ0v) is 26.9. The third kappa shape index (κ3) is 6.33. The molecule has 1 aliphatic heterocycles. The minimum Gasteiger partial charge on any atom is -0.444 e. The summed E-state index contributed by atoms with van der Waals surface area (Å²) in [6.45, 7) is 12.1. The van der Waals surface area contributed by atoms with Gasteiger partial charge in [0.1, 0.15) is 28.2 Å². The van der Waals surface area contributed by atoms with Crippen LogP contribution in [-0.4, -0.2) is 62.0 Å². The Morgan fingerprint density at radius 2 is 1.66 bits per heavy atom. The van der Waals surface area contributed by atoms with Gasteiger partial charge in [-0.2, -0.15) is 5.10 Å². The monoisotopic (exact) mass is 608 g/mol. The Bertz CT molecular complexity index is 1670. The number of thiazole rings is 1. The minimum atomic E-state index is -0.526. The number of benzene rings is 2. The molecule has 8 nitrogen and oxygen atoms in total. The summed E-state index contributed by atoms with van der Waals surface area (Å²) in [5, 5.41) is 9.14. The molecule has 2 aromatic carbocycles. The van der Waals surface area contributed by atoms with Crippen LogP contribution in [0, 0.1) is 5.92 Å². The van der Waals surface area contributed by atoms with E-state index in [9.17, 15) is 4.79 Å². The Balaban J connectivity index is 1.33. The number of carbonyl (C=O) groups excluding carboxylic acids is 1. The van der Waals surface area contributed by atoms with Crippen LogP contribution in [0.25, 0.3) is 21.7 Å². The van der Waals surface area contributed by atoms with Crippen LogP contribution >= 0.6 is 11.3 Å². The van der Waals surface area contributed by atoms with Crippen molar-refractivity contribution in [3.05, 3.63) is 95.5 Å². The van der Waals surface area contributed by atoms with Crippen LogP contribution in [0.4, 0.5) is 10.6 Å². The number of nitrogens with zero attached hydrogens (tertiary/aromatic N) is 6. The highest BCUT2D eigenvalue weighted by Gasteiger charge is 2.34. The first-order valence-electron chi connectivity index (χ1n) is 15.3. The van der Waals surface area contributed by atoms with Gasteiger partial charge in [0.15, 0.2) is 5.65 Å². The molecule has 228 valence electrons. The molecule has 1 atom stereocenters. The average molecular weight is 609 g/mol. The SMILES string of the molecule is CC(C)CC1CN(c2csc(-c3nn(C(c4ccccc4)c4ccccc4)c4ncccc34)n2)CCN1C(=O)OC(C)(C)C. The van der Waals surface area contributed by atoms with E-state index in [0.29, 0.717) is 25.6 Å². The molecule has 4 heterocycles. The molecule has 44 heavy (non-hydrogen) atoms. The number of hydrogen-bond acceptors (Lipinski definition) is 7. The van der Waals surface area contributed by atoms with Crippen molar-refractivity contribution in [2.75, 3.05) is 24.5 Å². The van der Waals surface area contributed by atoms with Gasteiger partial charge in [-0.05, 0) is 56.4 Å². The quantitative estimate of drug-likeness (QED) is 0.189. The van der Waals surface area contributed by atoms with Gasteiger partial charge in [-0.15, -0.1) is 11.3 Å². The predicted molar refractivity (Wildman–Crippen MR) is 177 cm³/mol. The van der Waals surface area contributed by atoms with E-state index in [-0.39, 0.29) is 18.2 Å². The maximum absolute atomic E-state index is 13.1. The second-order valence-corrected chi connectivity index (χ2v) is 13.7. The van der Waals surface area contributed by atoms with Crippen molar-refractivity contribution in [3.8, 4) is 10.7 Å². The minimum absolute atomic E-state index is 0.0468. The van der Waals surface area contributed by atoms with Crippen molar-refractivity contribution in [2.45, 2.75) is 58.7 Å². The zero-order chi connectivity index (χ0) is 30.8. The summed E-state index contributed by atoms with van der Waals surface area (Å²) in [6.07, 6.45) is 2.48. The number of anilines is 1. The number of ether oxygens (including phenoxy) is 1. The van der Waals surface area contributed by atoms with E-state index in [1.54, 1.807) is 11.3 Å². The molecule has 0 aliphatic carbocycles. The summed E-state index contributed by atoms with van der Waals surface area (Å²) in [4.78, 5) is 27.2. The fourth-order valence-electron chi connectivity index (χ4n) is 5.95. The Morgan fingerprint density at radius 1 is 0.977 bits per heavy atom. The summed E-state index contributed by atoms with van der Waals surface area (Å²) in [7, 11) is 0. The molecule has 1 aliphatic rings. The zero-order valence-electron chi connectivity index (χ0n) is 26.1. The van der Waals surface area contributed by atoms with Gasteiger partial charge < -0.3 is 14.5 Å². The van der Waals surface area contributed by atoms with Gasteiger partial charge in [0, 0.05) is 36.6 Å². The smallest absolute Gasteiger partial charge is 0.410 e. The van der Waals surface area contributed by atoms with Gasteiger partial charge >= 0.3 is 6.09 Å². The number of pyridine rings is 1. The first kappa shape index (κ1) is 29.8. The molecule has 6 rings (SSSR count). The molecule has 1 amide bonds. The number of aromatic nitrogens is 4. The predicted octanol–water partition coefficient (Wildman–Crippen LogP) is 7.66. The molecule has 1 unspecified atom stereocenters. The van der Waals surface area contributed by atoms with Crippen LogP contribution in [0.2, 0.25) is 0 Å². The number of hydrogen-bond donors (Lipinski definition) is 0. The van der Waals surface area contributed by atoms with Gasteiger partial charge in [-0.1, -0.05) is 74.5 Å². The Hall–Kier alpha value is -4.24. The van der Waals surface area contributed by atoms with E-state index in [2.05, 4.69) is 78.7 Å². The van der Waals surface area contributed by atoms with Crippen LogP contribution in [0.1, 0.15) is 58.2 Å². The number of carbonyl (C=O) groups is 1. The normalized spacial score (nSPS) is 15.8. The average Bonchev–Trinajstić information content (AvgIpc) is 3.63. The number of fused-ring (bicyclic) bond motifs is 1. The van der Waals surface area contributed by atoms with Crippen molar-refractivity contribution in [2.24, 2.45) is 5.92 Å². The Labute approximate surface area is 263 Å². The van der Waals surface area contributed by atoms with Crippen molar-refractivity contribution >= 4 is 34.3 Å². The van der Waals surface area contributed by atoms with Crippen LogP contribution in [0.5, 0.6) is 0 Å². The topological polar surface area (TPSA) is 76.4 Å². The fraction of sp³-hybridized carbons (Fsp3) is 0.371. The summed E-state index contributed by atoms with van der Waals surface area (Å²) in [5.41, 5.74) is 3.40. The van der Waals surface area contributed by atoms with E-state index in [1.165, 1.54) is 0 Å². The lowest BCUT2D eigenvalue weighted by Gasteiger charge is -2.42. The molecule has 0 saturated carbocycles. The molecular formula is C35H40N6O2S. The molecular weight excluding hydrogens is 568 g/mol. The third-order valence-electron chi connectivity index (χ3n) is 7.81. The number of piperazine rings is 1. The van der Waals surface area contributed by atoms with E-state index in [0.717, 1.165) is 45.1 Å². The van der Waals surface area contributed by atoms with E-state index >= 15 is 0 Å². The standard InChI is InChI=1S/C35H40N6O2S/c1-24(2)21-27-22-39(19-20-40(27)34(42)43-35(3,4)5)29-23-44-33(37-29)30-28-17-12-18-36-32(28)41(38-30)31(25-13-8-6-9-14-25)26-15-10-7-11-16-26/h6-18,23-24,27,31H,19-22H2,1-5H3. The molecule has 9 heteroatoms. The van der Waals surface area contributed by atoms with E-state index < -0.39 is 5.60 Å². The molecule has 0 bridgehead atoms. The molecule has 1 saturated heterocycles. The first-order chi connectivity index (χ1) is 21.2. The highest BCUT2D eigenvalue weighted by molar-refractivity contribution is 7.13. The lowest BCUT2D eigenvalue weighted by atomic mass is 9.99. The molecule has 0 radical (unpaired) electrons. The first-order valence-corrected chi connectivity index (χ1v) is 16.2. The van der Waals surface area contributed by atoms with Crippen molar-refractivity contribution in [1.29, 1.82) is 0 Å². The van der Waals surface area contributed by atoms with Crippen molar-refractivity contribution in [3.63, 3.8) is 0 Å². The molecule has 1 fully saturated rings. The van der Waals surface area contributed by atoms with Gasteiger partial charge in [-0.25, -0.2) is 19.4 Å². The van der Waals surface area contributed by atoms with E-state index in [4.69, 9.17) is 19.8 Å². The fourth-order valence-corrected chi connectivity index (χ4v) is 6.77. The lowest BCUT2D eigenvalue weighted by molar-refractivity contribution is 0.0119. The molecule has 0 N–H and O–H groups in total. The van der Waals surface area contributed by atoms with E-state index in [1.807, 2.05) is 54.7 Å². The van der Waals surface area contributed by atoms with Gasteiger partial charge in [0.25, 0.3) is 0 Å². The van der Waals surface area contributed by atoms with Gasteiger partial charge in [-0.3, -0.25) is 0 Å². The molecule has 3 aromatic heterocycles. The van der Waals surface area contributed by atoms with Crippen molar-refractivity contribution < 1.29 is 9.53 Å². The molecule has 5 aromatic rings. The number of rotatable bonds is 7. The maximum atomic E-state index is 13.1. The Morgan fingerprint density at radius 3 is 2.30 bits per heavy atom. The Kier molecular flexibility index (Phi) is 8.40. The maximum Gasteiger partial charge on any atom is 0.410 e. The van der Waals surface area contributed by atoms with Gasteiger partial charge in [0.2, 0.25) is 0 Å².